The average molecular weight is 402 g/mol. The summed E-state index contributed by atoms with van der Waals surface area (Å²) in [6.45, 7) is 3.02. The molecule has 0 spiro atoms. The summed E-state index contributed by atoms with van der Waals surface area (Å²) >= 11 is 0. The monoisotopic (exact) mass is 401 g/mol. The van der Waals surface area contributed by atoms with Gasteiger partial charge in [0.15, 0.2) is 5.82 Å². The molecule has 0 saturated carbocycles. The first kappa shape index (κ1) is 18.9. The van der Waals surface area contributed by atoms with Crippen LogP contribution in [0.3, 0.4) is 0 Å². The molecule has 30 heavy (non-hydrogen) atoms. The molecule has 1 aliphatic rings. The fourth-order valence-electron chi connectivity index (χ4n) is 4.35. The Hall–Kier alpha value is -3.12. The van der Waals surface area contributed by atoms with Crippen LogP contribution in [0.4, 0.5) is 0 Å². The smallest absolute Gasteiger partial charge is 0.177 e. The lowest BCUT2D eigenvalue weighted by atomic mass is 9.90. The van der Waals surface area contributed by atoms with Crippen molar-refractivity contribution in [2.75, 3.05) is 20.2 Å². The van der Waals surface area contributed by atoms with E-state index < -0.39 is 0 Å². The number of benzene rings is 2. The van der Waals surface area contributed by atoms with E-state index in [1.807, 2.05) is 12.1 Å². The van der Waals surface area contributed by atoms with Crippen molar-refractivity contribution in [1.82, 2.24) is 25.1 Å². The number of aromatic nitrogens is 4. The maximum absolute atomic E-state index is 5.25. The molecule has 0 unspecified atom stereocenters. The van der Waals surface area contributed by atoms with E-state index in [1.165, 1.54) is 23.8 Å². The molecule has 0 bridgehead atoms. The van der Waals surface area contributed by atoms with Crippen LogP contribution in [0.15, 0.2) is 54.6 Å². The number of aromatic amines is 2. The first-order chi connectivity index (χ1) is 14.8. The fraction of sp³-hybridized carbons (Fsp3) is 0.333. The van der Waals surface area contributed by atoms with Gasteiger partial charge in [-0.3, -0.25) is 4.90 Å². The summed E-state index contributed by atoms with van der Waals surface area (Å²) < 4.78 is 5.25. The van der Waals surface area contributed by atoms with Crippen LogP contribution in [0.2, 0.25) is 0 Å². The summed E-state index contributed by atoms with van der Waals surface area (Å²) in [5, 5.41) is 9.92. The Bertz CT molecular complexity index is 1070. The minimum absolute atomic E-state index is 0.742. The average Bonchev–Trinajstić information content (AvgIpc) is 3.42. The zero-order chi connectivity index (χ0) is 20.3. The predicted molar refractivity (Wildman–Crippen MR) is 118 cm³/mol. The number of ether oxygens (including phenoxy) is 1. The van der Waals surface area contributed by atoms with Crippen LogP contribution >= 0.6 is 0 Å². The molecular formula is C24H27N5O. The lowest BCUT2D eigenvalue weighted by Crippen LogP contribution is -2.34. The van der Waals surface area contributed by atoms with Crippen LogP contribution in [-0.2, 0) is 13.0 Å². The van der Waals surface area contributed by atoms with Gasteiger partial charge in [-0.1, -0.05) is 30.3 Å². The maximum atomic E-state index is 5.25. The number of rotatable bonds is 6. The number of nitrogens with one attached hydrogen (secondary N) is 2. The number of H-pyrrole nitrogens is 2. The molecule has 1 aliphatic heterocycles. The van der Waals surface area contributed by atoms with Crippen LogP contribution in [0.5, 0.6) is 5.75 Å². The molecule has 4 aromatic rings. The van der Waals surface area contributed by atoms with Crippen molar-refractivity contribution in [3.8, 4) is 17.3 Å². The van der Waals surface area contributed by atoms with E-state index in [4.69, 9.17) is 4.74 Å². The Labute approximate surface area is 176 Å². The van der Waals surface area contributed by atoms with E-state index >= 15 is 0 Å². The van der Waals surface area contributed by atoms with Crippen LogP contribution in [0.25, 0.3) is 22.4 Å². The minimum atomic E-state index is 0.742. The van der Waals surface area contributed by atoms with Crippen molar-refractivity contribution in [2.24, 2.45) is 5.92 Å². The van der Waals surface area contributed by atoms with Crippen molar-refractivity contribution in [2.45, 2.75) is 25.8 Å². The van der Waals surface area contributed by atoms with Gasteiger partial charge < -0.3 is 14.7 Å². The van der Waals surface area contributed by atoms with Gasteiger partial charge in [-0.05, 0) is 68.1 Å². The Morgan fingerprint density at radius 2 is 1.80 bits per heavy atom. The summed E-state index contributed by atoms with van der Waals surface area (Å²) in [6, 6.07) is 18.9. The Morgan fingerprint density at radius 3 is 2.57 bits per heavy atom. The Balaban J connectivity index is 1.16. The summed E-state index contributed by atoms with van der Waals surface area (Å²) in [7, 11) is 1.71. The molecule has 2 N–H and O–H groups in total. The van der Waals surface area contributed by atoms with E-state index in [0.29, 0.717) is 0 Å². The van der Waals surface area contributed by atoms with E-state index in [1.54, 1.807) is 7.11 Å². The van der Waals surface area contributed by atoms with E-state index in [-0.39, 0.29) is 0 Å². The van der Waals surface area contributed by atoms with Gasteiger partial charge in [0.2, 0.25) is 0 Å². The van der Waals surface area contributed by atoms with E-state index in [2.05, 4.69) is 67.5 Å². The highest BCUT2D eigenvalue weighted by molar-refractivity contribution is 5.84. The molecule has 0 amide bonds. The van der Waals surface area contributed by atoms with Crippen molar-refractivity contribution in [3.63, 3.8) is 0 Å². The first-order valence-electron chi connectivity index (χ1n) is 10.6. The van der Waals surface area contributed by atoms with Gasteiger partial charge in [-0.2, -0.15) is 0 Å². The number of likely N-dealkylation sites (tertiary alicyclic amines) is 1. The number of methoxy groups -OCH3 is 1. The third-order valence-corrected chi connectivity index (χ3v) is 6.08. The van der Waals surface area contributed by atoms with Crippen molar-refractivity contribution >= 4 is 10.9 Å². The van der Waals surface area contributed by atoms with Gasteiger partial charge in [-0.15, -0.1) is 10.2 Å². The zero-order valence-electron chi connectivity index (χ0n) is 17.3. The molecule has 3 heterocycles. The predicted octanol–water partition coefficient (Wildman–Crippen LogP) is 4.42. The van der Waals surface area contributed by atoms with Crippen LogP contribution < -0.4 is 4.74 Å². The highest BCUT2D eigenvalue weighted by atomic mass is 16.5. The molecule has 5 rings (SSSR count). The molecule has 0 radical (unpaired) electrons. The standard InChI is InChI=1S/C24H27N5O/c1-30-20-8-6-17(7-9-20)14-18-10-12-29(13-11-18)16-23-26-24(28-27-23)22-15-19-4-2-3-5-21(19)25-22/h2-9,15,18,25H,10-14,16H2,1H3,(H,26,27,28). The molecule has 6 nitrogen and oxygen atoms in total. The van der Waals surface area contributed by atoms with Gasteiger partial charge in [0.05, 0.1) is 19.3 Å². The lowest BCUT2D eigenvalue weighted by molar-refractivity contribution is 0.173. The first-order valence-corrected chi connectivity index (χ1v) is 10.6. The molecule has 1 fully saturated rings. The van der Waals surface area contributed by atoms with Crippen LogP contribution in [-0.4, -0.2) is 45.3 Å². The third kappa shape index (κ3) is 4.09. The second-order valence-electron chi connectivity index (χ2n) is 8.16. The third-order valence-electron chi connectivity index (χ3n) is 6.08. The summed E-state index contributed by atoms with van der Waals surface area (Å²) in [4.78, 5) is 9.27. The molecule has 6 heteroatoms. The fourth-order valence-corrected chi connectivity index (χ4v) is 4.35. The van der Waals surface area contributed by atoms with Crippen molar-refractivity contribution in [3.05, 3.63) is 66.0 Å². The highest BCUT2D eigenvalue weighted by Crippen LogP contribution is 2.25. The number of para-hydroxylation sites is 1. The SMILES string of the molecule is COc1ccc(CC2CCN(Cc3nnc(-c4cc5ccccc5[nH]4)[nH]3)CC2)cc1. The molecule has 2 aromatic carbocycles. The summed E-state index contributed by atoms with van der Waals surface area (Å²) in [5.74, 6) is 3.39. The van der Waals surface area contributed by atoms with Gasteiger partial charge in [0.25, 0.3) is 0 Å². The van der Waals surface area contributed by atoms with Crippen molar-refractivity contribution in [1.29, 1.82) is 0 Å². The number of fused-ring (bicyclic) bond motifs is 1. The normalized spacial score (nSPS) is 15.6. The lowest BCUT2D eigenvalue weighted by Gasteiger charge is -2.31. The Kier molecular flexibility index (Phi) is 5.24. The largest absolute Gasteiger partial charge is 0.497 e. The zero-order valence-corrected chi connectivity index (χ0v) is 17.3. The number of piperidine rings is 1. The van der Waals surface area contributed by atoms with Gasteiger partial charge in [-0.25, -0.2) is 0 Å². The quantitative estimate of drug-likeness (QED) is 0.502. The van der Waals surface area contributed by atoms with Crippen molar-refractivity contribution < 1.29 is 4.74 Å². The number of nitrogens with zero attached hydrogens (tertiary/aromatic N) is 3. The minimum Gasteiger partial charge on any atom is -0.497 e. The topological polar surface area (TPSA) is 69.8 Å². The van der Waals surface area contributed by atoms with Crippen LogP contribution in [0.1, 0.15) is 24.2 Å². The highest BCUT2D eigenvalue weighted by Gasteiger charge is 2.21. The molecule has 0 aliphatic carbocycles. The van der Waals surface area contributed by atoms with Gasteiger partial charge >= 0.3 is 0 Å². The maximum Gasteiger partial charge on any atom is 0.177 e. The molecule has 0 atom stereocenters. The summed E-state index contributed by atoms with van der Waals surface area (Å²) in [6.07, 6.45) is 3.58. The number of hydrogen-bond acceptors (Lipinski definition) is 4. The molecular weight excluding hydrogens is 374 g/mol. The molecule has 154 valence electrons. The van der Waals surface area contributed by atoms with Gasteiger partial charge in [0.1, 0.15) is 11.6 Å². The number of hydrogen-bond donors (Lipinski definition) is 2. The summed E-state index contributed by atoms with van der Waals surface area (Å²) in [5.41, 5.74) is 3.49. The van der Waals surface area contributed by atoms with E-state index in [9.17, 15) is 0 Å². The Morgan fingerprint density at radius 1 is 1.00 bits per heavy atom. The van der Waals surface area contributed by atoms with E-state index in [0.717, 1.165) is 60.6 Å². The van der Waals surface area contributed by atoms with Gasteiger partial charge in [0, 0.05) is 10.9 Å². The molecule has 2 aromatic heterocycles. The molecule has 1 saturated heterocycles. The second kappa shape index (κ2) is 8.32. The second-order valence-corrected chi connectivity index (χ2v) is 8.16. The van der Waals surface area contributed by atoms with Crippen LogP contribution in [0, 0.1) is 5.92 Å².